The van der Waals surface area contributed by atoms with Crippen LogP contribution in [0.15, 0.2) is 34.9 Å². The molecule has 110 valence electrons. The summed E-state index contributed by atoms with van der Waals surface area (Å²) in [7, 11) is 0. The third-order valence-electron chi connectivity index (χ3n) is 2.33. The van der Waals surface area contributed by atoms with Gasteiger partial charge in [-0.05, 0) is 24.3 Å². The number of carbonyl (C=O) groups is 2. The van der Waals surface area contributed by atoms with Crippen molar-refractivity contribution in [1.29, 1.82) is 0 Å². The SMILES string of the molecule is O=C(COC(=O)c1ccco1)Nc1c(Cl)cc(Cl)cc1Cl. The predicted molar refractivity (Wildman–Crippen MR) is 79.1 cm³/mol. The molecule has 1 aromatic carbocycles. The highest BCUT2D eigenvalue weighted by molar-refractivity contribution is 6.42. The third-order valence-corrected chi connectivity index (χ3v) is 3.14. The van der Waals surface area contributed by atoms with Gasteiger partial charge < -0.3 is 14.5 Å². The fourth-order valence-corrected chi connectivity index (χ4v) is 2.35. The summed E-state index contributed by atoms with van der Waals surface area (Å²) in [5.74, 6) is -1.34. The van der Waals surface area contributed by atoms with E-state index in [2.05, 4.69) is 5.32 Å². The van der Waals surface area contributed by atoms with Crippen LogP contribution in [-0.2, 0) is 9.53 Å². The van der Waals surface area contributed by atoms with Gasteiger partial charge in [0.25, 0.3) is 5.91 Å². The van der Waals surface area contributed by atoms with Gasteiger partial charge in [0, 0.05) is 5.02 Å². The first-order valence-electron chi connectivity index (χ1n) is 5.62. The molecular weight excluding hydrogens is 341 g/mol. The molecule has 0 aliphatic heterocycles. The molecule has 1 amide bonds. The predicted octanol–water partition coefficient (Wildman–Crippen LogP) is 4.04. The summed E-state index contributed by atoms with van der Waals surface area (Å²) in [5, 5.41) is 3.13. The summed E-state index contributed by atoms with van der Waals surface area (Å²) < 4.78 is 9.60. The van der Waals surface area contributed by atoms with E-state index < -0.39 is 18.5 Å². The summed E-state index contributed by atoms with van der Waals surface area (Å²) in [6.07, 6.45) is 1.32. The average Bonchev–Trinajstić information content (AvgIpc) is 2.94. The Morgan fingerprint density at radius 1 is 1.19 bits per heavy atom. The molecule has 2 aromatic rings. The second-order valence-electron chi connectivity index (χ2n) is 3.85. The third kappa shape index (κ3) is 4.14. The van der Waals surface area contributed by atoms with Gasteiger partial charge >= 0.3 is 5.97 Å². The Morgan fingerprint density at radius 2 is 1.86 bits per heavy atom. The molecule has 0 saturated heterocycles. The molecule has 1 heterocycles. The fraction of sp³-hybridized carbons (Fsp3) is 0.0769. The standard InChI is InChI=1S/C13H8Cl3NO4/c14-7-4-8(15)12(9(16)5-7)17-11(18)6-21-13(19)10-2-1-3-20-10/h1-5H,6H2,(H,17,18). The first-order chi connectivity index (χ1) is 9.97. The first-order valence-corrected chi connectivity index (χ1v) is 6.76. The largest absolute Gasteiger partial charge is 0.457 e. The summed E-state index contributed by atoms with van der Waals surface area (Å²) >= 11 is 17.6. The number of halogens is 3. The highest BCUT2D eigenvalue weighted by Crippen LogP contribution is 2.33. The van der Waals surface area contributed by atoms with Gasteiger partial charge in [0.1, 0.15) is 0 Å². The van der Waals surface area contributed by atoms with Gasteiger partial charge in [-0.2, -0.15) is 0 Å². The van der Waals surface area contributed by atoms with Crippen LogP contribution in [0.3, 0.4) is 0 Å². The molecule has 0 bridgehead atoms. The van der Waals surface area contributed by atoms with Gasteiger partial charge in [0.2, 0.25) is 5.76 Å². The number of rotatable bonds is 4. The summed E-state index contributed by atoms with van der Waals surface area (Å²) in [6, 6.07) is 5.82. The van der Waals surface area contributed by atoms with Crippen LogP contribution < -0.4 is 5.32 Å². The molecule has 0 fully saturated rings. The lowest BCUT2D eigenvalue weighted by atomic mass is 10.3. The highest BCUT2D eigenvalue weighted by Gasteiger charge is 2.15. The van der Waals surface area contributed by atoms with E-state index in [0.717, 1.165) is 0 Å². The monoisotopic (exact) mass is 347 g/mol. The minimum atomic E-state index is -0.747. The number of hydrogen-bond donors (Lipinski definition) is 1. The maximum Gasteiger partial charge on any atom is 0.374 e. The Bertz CT molecular complexity index is 647. The first kappa shape index (κ1) is 15.7. The molecule has 0 aliphatic carbocycles. The Morgan fingerprint density at radius 3 is 2.43 bits per heavy atom. The van der Waals surface area contributed by atoms with Gasteiger partial charge in [0.15, 0.2) is 6.61 Å². The molecule has 0 saturated carbocycles. The molecule has 0 aliphatic rings. The Labute approximate surface area is 134 Å². The highest BCUT2D eigenvalue weighted by atomic mass is 35.5. The average molecular weight is 349 g/mol. The molecule has 2 rings (SSSR count). The lowest BCUT2D eigenvalue weighted by Crippen LogP contribution is -2.21. The molecule has 21 heavy (non-hydrogen) atoms. The minimum Gasteiger partial charge on any atom is -0.457 e. The molecule has 8 heteroatoms. The van der Waals surface area contributed by atoms with E-state index in [1.54, 1.807) is 0 Å². The van der Waals surface area contributed by atoms with Crippen molar-refractivity contribution in [2.75, 3.05) is 11.9 Å². The maximum absolute atomic E-state index is 11.7. The lowest BCUT2D eigenvalue weighted by Gasteiger charge is -2.09. The number of nitrogens with one attached hydrogen (secondary N) is 1. The summed E-state index contributed by atoms with van der Waals surface area (Å²) in [5.41, 5.74) is 0.196. The number of carbonyl (C=O) groups excluding carboxylic acids is 2. The number of esters is 1. The van der Waals surface area contributed by atoms with Crippen LogP contribution in [0.1, 0.15) is 10.6 Å². The maximum atomic E-state index is 11.7. The van der Waals surface area contributed by atoms with E-state index in [-0.39, 0.29) is 21.5 Å². The number of ether oxygens (including phenoxy) is 1. The Hall–Kier alpha value is -1.69. The Kier molecular flexibility index (Phi) is 5.12. The topological polar surface area (TPSA) is 68.5 Å². The van der Waals surface area contributed by atoms with Gasteiger partial charge in [-0.15, -0.1) is 0 Å². The zero-order valence-electron chi connectivity index (χ0n) is 10.4. The zero-order chi connectivity index (χ0) is 15.4. The van der Waals surface area contributed by atoms with E-state index in [1.165, 1.54) is 30.5 Å². The molecular formula is C13H8Cl3NO4. The van der Waals surface area contributed by atoms with E-state index in [1.807, 2.05) is 0 Å². The van der Waals surface area contributed by atoms with Crippen molar-refractivity contribution in [3.63, 3.8) is 0 Å². The smallest absolute Gasteiger partial charge is 0.374 e. The van der Waals surface area contributed by atoms with Gasteiger partial charge in [0.05, 0.1) is 22.0 Å². The second-order valence-corrected chi connectivity index (χ2v) is 5.10. The quantitative estimate of drug-likeness (QED) is 0.847. The molecule has 5 nitrogen and oxygen atoms in total. The van der Waals surface area contributed by atoms with Crippen molar-refractivity contribution in [1.82, 2.24) is 0 Å². The van der Waals surface area contributed by atoms with Gasteiger partial charge in [-0.1, -0.05) is 34.8 Å². The summed E-state index contributed by atoms with van der Waals surface area (Å²) in [6.45, 7) is -0.505. The van der Waals surface area contributed by atoms with Crippen molar-refractivity contribution in [2.24, 2.45) is 0 Å². The van der Waals surface area contributed by atoms with E-state index in [9.17, 15) is 9.59 Å². The van der Waals surface area contributed by atoms with Crippen LogP contribution >= 0.6 is 34.8 Å². The molecule has 0 atom stereocenters. The van der Waals surface area contributed by atoms with Crippen molar-refractivity contribution in [3.8, 4) is 0 Å². The van der Waals surface area contributed by atoms with Crippen LogP contribution in [0, 0.1) is 0 Å². The van der Waals surface area contributed by atoms with Crippen molar-refractivity contribution in [2.45, 2.75) is 0 Å². The number of benzene rings is 1. The number of anilines is 1. The normalized spacial score (nSPS) is 10.2. The lowest BCUT2D eigenvalue weighted by molar-refractivity contribution is -0.119. The molecule has 1 N–H and O–H groups in total. The van der Waals surface area contributed by atoms with Crippen LogP contribution in [0.5, 0.6) is 0 Å². The number of hydrogen-bond acceptors (Lipinski definition) is 4. The van der Waals surface area contributed by atoms with Crippen molar-refractivity contribution in [3.05, 3.63) is 51.4 Å². The van der Waals surface area contributed by atoms with E-state index in [0.29, 0.717) is 5.02 Å². The van der Waals surface area contributed by atoms with E-state index >= 15 is 0 Å². The minimum absolute atomic E-state index is 0.00496. The van der Waals surface area contributed by atoms with Crippen LogP contribution in [0.25, 0.3) is 0 Å². The van der Waals surface area contributed by atoms with Crippen LogP contribution in [0.2, 0.25) is 15.1 Å². The van der Waals surface area contributed by atoms with Crippen molar-refractivity contribution < 1.29 is 18.7 Å². The van der Waals surface area contributed by atoms with Crippen molar-refractivity contribution >= 4 is 52.4 Å². The molecule has 0 spiro atoms. The molecule has 0 unspecified atom stereocenters. The van der Waals surface area contributed by atoms with E-state index in [4.69, 9.17) is 44.0 Å². The zero-order valence-corrected chi connectivity index (χ0v) is 12.6. The van der Waals surface area contributed by atoms with Gasteiger partial charge in [-0.3, -0.25) is 4.79 Å². The van der Waals surface area contributed by atoms with Gasteiger partial charge in [-0.25, -0.2) is 4.79 Å². The van der Waals surface area contributed by atoms with Crippen LogP contribution in [-0.4, -0.2) is 18.5 Å². The fourth-order valence-electron chi connectivity index (χ4n) is 1.43. The second kappa shape index (κ2) is 6.85. The van der Waals surface area contributed by atoms with Crippen LogP contribution in [0.4, 0.5) is 5.69 Å². The Balaban J connectivity index is 1.95. The summed E-state index contributed by atoms with van der Waals surface area (Å²) in [4.78, 5) is 23.2. The number of amides is 1. The number of furan rings is 1. The molecule has 1 aromatic heterocycles. The molecule has 0 radical (unpaired) electrons.